The maximum Gasteiger partial charge on any atom is 0.135 e. The monoisotopic (exact) mass is 782 g/mol. The molecular formula is C58H38OS. The van der Waals surface area contributed by atoms with Crippen molar-refractivity contribution in [2.75, 3.05) is 0 Å². The largest absolute Gasteiger partial charge is 0.456 e. The van der Waals surface area contributed by atoms with Crippen molar-refractivity contribution >= 4 is 93.0 Å². The van der Waals surface area contributed by atoms with Crippen LogP contribution in [0.3, 0.4) is 0 Å². The Labute approximate surface area is 351 Å². The highest BCUT2D eigenvalue weighted by Crippen LogP contribution is 2.49. The Kier molecular flexibility index (Phi) is 7.50. The van der Waals surface area contributed by atoms with Crippen LogP contribution in [0.25, 0.3) is 115 Å². The quantitative estimate of drug-likeness (QED) is 0.162. The second-order valence-electron chi connectivity index (χ2n) is 16.5. The molecule has 0 spiro atoms. The summed E-state index contributed by atoms with van der Waals surface area (Å²) < 4.78 is 9.48. The third-order valence-corrected chi connectivity index (χ3v) is 14.4. The summed E-state index contributed by atoms with van der Waals surface area (Å²) in [5, 5.41) is 12.9. The molecule has 282 valence electrons. The molecule has 1 nitrogen and oxygen atoms in total. The van der Waals surface area contributed by atoms with E-state index in [0.717, 1.165) is 30.3 Å². The number of allylic oxidation sites excluding steroid dienone is 1. The van der Waals surface area contributed by atoms with Gasteiger partial charge < -0.3 is 4.42 Å². The van der Waals surface area contributed by atoms with Crippen molar-refractivity contribution < 1.29 is 4.42 Å². The molecule has 0 fully saturated rings. The average Bonchev–Trinajstić information content (AvgIpc) is 3.88. The van der Waals surface area contributed by atoms with E-state index in [1.807, 2.05) is 11.3 Å². The van der Waals surface area contributed by atoms with Gasteiger partial charge in [0.2, 0.25) is 0 Å². The number of hydrogen-bond donors (Lipinski definition) is 0. The SMILES string of the molecule is C1=Cc2c(c(-c3ccc4oc5c(c4c3)=CCC(c3c4ccccc4c(-c4ccccc4)c4ccccc34)C=5)c3ccccc3c2-c2cccc3sc4ccccc4c23)CC1. The van der Waals surface area contributed by atoms with E-state index in [1.54, 1.807) is 0 Å². The van der Waals surface area contributed by atoms with E-state index in [0.29, 0.717) is 0 Å². The second-order valence-corrected chi connectivity index (χ2v) is 17.5. The van der Waals surface area contributed by atoms with Crippen LogP contribution in [0.2, 0.25) is 0 Å². The van der Waals surface area contributed by atoms with Gasteiger partial charge in [-0.2, -0.15) is 0 Å². The van der Waals surface area contributed by atoms with Crippen molar-refractivity contribution in [3.63, 3.8) is 0 Å². The fourth-order valence-electron chi connectivity index (χ4n) is 10.8. The van der Waals surface area contributed by atoms with Crippen molar-refractivity contribution in [2.45, 2.75) is 25.2 Å². The van der Waals surface area contributed by atoms with Crippen molar-refractivity contribution in [3.05, 3.63) is 197 Å². The summed E-state index contributed by atoms with van der Waals surface area (Å²) in [6.07, 6.45) is 12.6. The molecule has 0 radical (unpaired) electrons. The minimum atomic E-state index is 0.178. The van der Waals surface area contributed by atoms with E-state index in [1.165, 1.54) is 113 Å². The van der Waals surface area contributed by atoms with Gasteiger partial charge in [0.1, 0.15) is 11.0 Å². The minimum Gasteiger partial charge on any atom is -0.456 e. The highest BCUT2D eigenvalue weighted by molar-refractivity contribution is 7.25. The molecule has 0 saturated heterocycles. The molecule has 0 N–H and O–H groups in total. The maximum atomic E-state index is 6.80. The maximum absolute atomic E-state index is 6.80. The zero-order valence-electron chi connectivity index (χ0n) is 32.9. The van der Waals surface area contributed by atoms with E-state index in [9.17, 15) is 0 Å². The molecule has 9 aromatic carbocycles. The van der Waals surface area contributed by atoms with Crippen molar-refractivity contribution in [2.24, 2.45) is 0 Å². The van der Waals surface area contributed by atoms with Gasteiger partial charge in [-0.3, -0.25) is 0 Å². The molecule has 2 aliphatic carbocycles. The molecule has 2 heteroatoms. The zero-order chi connectivity index (χ0) is 39.3. The highest BCUT2D eigenvalue weighted by Gasteiger charge is 2.25. The van der Waals surface area contributed by atoms with E-state index in [-0.39, 0.29) is 5.92 Å². The van der Waals surface area contributed by atoms with Crippen LogP contribution >= 0.6 is 11.3 Å². The van der Waals surface area contributed by atoms with Crippen molar-refractivity contribution in [3.8, 4) is 33.4 Å². The van der Waals surface area contributed by atoms with Crippen LogP contribution in [-0.2, 0) is 6.42 Å². The molecule has 13 rings (SSSR count). The summed E-state index contributed by atoms with van der Waals surface area (Å²) in [6, 6.07) is 60.6. The van der Waals surface area contributed by atoms with E-state index in [4.69, 9.17) is 4.42 Å². The van der Waals surface area contributed by atoms with Crippen molar-refractivity contribution in [1.29, 1.82) is 0 Å². The molecule has 2 heterocycles. The fraction of sp³-hybridized carbons (Fsp3) is 0.0690. The zero-order valence-corrected chi connectivity index (χ0v) is 33.7. The van der Waals surface area contributed by atoms with Gasteiger partial charge in [-0.25, -0.2) is 0 Å². The van der Waals surface area contributed by atoms with Gasteiger partial charge >= 0.3 is 0 Å². The molecule has 11 aromatic rings. The van der Waals surface area contributed by atoms with Crippen LogP contribution in [-0.4, -0.2) is 0 Å². The lowest BCUT2D eigenvalue weighted by Gasteiger charge is -2.24. The number of hydrogen-bond acceptors (Lipinski definition) is 2. The molecule has 0 saturated carbocycles. The molecule has 0 bridgehead atoms. The Balaban J connectivity index is 0.998. The molecule has 2 aromatic heterocycles. The lowest BCUT2D eigenvalue weighted by Crippen LogP contribution is -2.25. The predicted molar refractivity (Wildman–Crippen MR) is 257 cm³/mol. The number of thiophene rings is 1. The van der Waals surface area contributed by atoms with Crippen LogP contribution in [0.4, 0.5) is 0 Å². The van der Waals surface area contributed by atoms with Crippen LogP contribution in [0.5, 0.6) is 0 Å². The van der Waals surface area contributed by atoms with Crippen molar-refractivity contribution in [1.82, 2.24) is 0 Å². The molecule has 0 aliphatic heterocycles. The first-order valence-corrected chi connectivity index (χ1v) is 22.0. The van der Waals surface area contributed by atoms with Crippen LogP contribution in [0, 0.1) is 0 Å². The third kappa shape index (κ3) is 4.98. The predicted octanol–water partition coefficient (Wildman–Crippen LogP) is 15.0. The van der Waals surface area contributed by atoms with Gasteiger partial charge in [-0.1, -0.05) is 158 Å². The smallest absolute Gasteiger partial charge is 0.135 e. The molecule has 0 amide bonds. The molecule has 1 unspecified atom stereocenters. The first-order valence-electron chi connectivity index (χ1n) is 21.2. The van der Waals surface area contributed by atoms with E-state index >= 15 is 0 Å². The highest BCUT2D eigenvalue weighted by atomic mass is 32.1. The second kappa shape index (κ2) is 13.3. The number of benzene rings is 9. The van der Waals surface area contributed by atoms with Gasteiger partial charge in [0, 0.05) is 36.7 Å². The Morgan fingerprint density at radius 2 is 1.17 bits per heavy atom. The standard InChI is InChI=1S/C58H38OS/c1-2-15-35(16-3-1)54-39-17-4-6-19-41(39)56(42-20-7-5-18-40(42)54)37-29-31-38-49-33-36(30-32-50(49)59-51(38)34-37)55-43-21-8-10-23-45(43)57(46-24-11-9-22-44(46)55)48-26-14-28-53-58(48)47-25-12-13-27-52(47)60-53/h1-8,10-21,23-28,30-34,37H,9,22,29H2. The van der Waals surface area contributed by atoms with E-state index < -0.39 is 0 Å². The Hall–Kier alpha value is -7.00. The summed E-state index contributed by atoms with van der Waals surface area (Å²) in [7, 11) is 0. The minimum absolute atomic E-state index is 0.178. The number of rotatable bonds is 4. The number of fused-ring (bicyclic) bond motifs is 10. The summed E-state index contributed by atoms with van der Waals surface area (Å²) in [5.41, 5.74) is 13.9. The van der Waals surface area contributed by atoms with Crippen LogP contribution in [0.15, 0.2) is 174 Å². The average molecular weight is 783 g/mol. The van der Waals surface area contributed by atoms with Gasteiger partial charge in [0.25, 0.3) is 0 Å². The number of furan rings is 1. The van der Waals surface area contributed by atoms with Gasteiger partial charge in [0.15, 0.2) is 0 Å². The topological polar surface area (TPSA) is 13.1 Å². The third-order valence-electron chi connectivity index (χ3n) is 13.3. The first-order chi connectivity index (χ1) is 29.8. The molecule has 60 heavy (non-hydrogen) atoms. The summed E-state index contributed by atoms with van der Waals surface area (Å²) >= 11 is 1.89. The van der Waals surface area contributed by atoms with Crippen LogP contribution in [0.1, 0.15) is 35.4 Å². The van der Waals surface area contributed by atoms with Crippen LogP contribution < -0.4 is 10.6 Å². The normalized spacial score (nSPS) is 14.8. The van der Waals surface area contributed by atoms with Gasteiger partial charge in [-0.15, -0.1) is 11.3 Å². The lowest BCUT2D eigenvalue weighted by molar-refractivity contribution is 0.569. The summed E-state index contributed by atoms with van der Waals surface area (Å²) in [4.78, 5) is 0. The van der Waals surface area contributed by atoms with Gasteiger partial charge in [-0.05, 0) is 132 Å². The molecule has 1 atom stereocenters. The fourth-order valence-corrected chi connectivity index (χ4v) is 11.9. The van der Waals surface area contributed by atoms with E-state index in [2.05, 4.69) is 188 Å². The Morgan fingerprint density at radius 1 is 0.517 bits per heavy atom. The Morgan fingerprint density at radius 3 is 1.93 bits per heavy atom. The Bertz CT molecular complexity index is 3690. The molecule has 2 aliphatic rings. The summed E-state index contributed by atoms with van der Waals surface area (Å²) in [6.45, 7) is 0. The summed E-state index contributed by atoms with van der Waals surface area (Å²) in [5.74, 6) is 0.178. The lowest BCUT2D eigenvalue weighted by atomic mass is 9.79. The molecular weight excluding hydrogens is 745 g/mol. The first kappa shape index (κ1) is 33.9. The van der Waals surface area contributed by atoms with Gasteiger partial charge in [0.05, 0.1) is 0 Å².